The van der Waals surface area contributed by atoms with Gasteiger partial charge in [0, 0.05) is 23.7 Å². The molecule has 138 valence electrons. The largest absolute Gasteiger partial charge is 0.376 e. The highest BCUT2D eigenvalue weighted by atomic mass is 35.5. The van der Waals surface area contributed by atoms with Crippen LogP contribution in [-0.2, 0) is 17.0 Å². The van der Waals surface area contributed by atoms with Crippen molar-refractivity contribution in [1.29, 1.82) is 0 Å². The van der Waals surface area contributed by atoms with E-state index in [9.17, 15) is 0 Å². The van der Waals surface area contributed by atoms with Crippen molar-refractivity contribution in [3.8, 4) is 0 Å². The van der Waals surface area contributed by atoms with Crippen LogP contribution in [0.2, 0.25) is 0 Å². The zero-order valence-electron chi connectivity index (χ0n) is 14.1. The second kappa shape index (κ2) is 9.32. The van der Waals surface area contributed by atoms with E-state index in [-0.39, 0.29) is 12.4 Å². The molecule has 1 atom stereocenters. The molecule has 0 radical (unpaired) electrons. The number of thioether (sulfide) groups is 1. The summed E-state index contributed by atoms with van der Waals surface area (Å²) in [6, 6.07) is 0. The van der Waals surface area contributed by atoms with Crippen LogP contribution in [0.25, 0.3) is 0 Å². The Morgan fingerprint density at radius 2 is 2.16 bits per heavy atom. The Labute approximate surface area is 162 Å². The smallest absolute Gasteiger partial charge is 0.191 e. The number of thiazole rings is 1. The first-order valence-electron chi connectivity index (χ1n) is 8.65. The minimum Gasteiger partial charge on any atom is -0.376 e. The van der Waals surface area contributed by atoms with Crippen molar-refractivity contribution in [3.63, 3.8) is 0 Å². The van der Waals surface area contributed by atoms with E-state index in [0.29, 0.717) is 12.0 Å². The Morgan fingerprint density at radius 1 is 1.28 bits per heavy atom. The highest BCUT2D eigenvalue weighted by molar-refractivity contribution is 7.98. The molecule has 2 aromatic rings. The van der Waals surface area contributed by atoms with E-state index in [1.165, 1.54) is 0 Å². The highest BCUT2D eigenvalue weighted by Crippen LogP contribution is 2.30. The maximum atomic E-state index is 5.87. The maximum Gasteiger partial charge on any atom is 0.191 e. The van der Waals surface area contributed by atoms with Gasteiger partial charge >= 0.3 is 0 Å². The molecule has 9 heteroatoms. The summed E-state index contributed by atoms with van der Waals surface area (Å²) in [7, 11) is 0. The third kappa shape index (κ3) is 4.74. The summed E-state index contributed by atoms with van der Waals surface area (Å²) in [4.78, 5) is 4.37. The Balaban J connectivity index is 0.00000182. The fourth-order valence-corrected chi connectivity index (χ4v) is 4.92. The molecule has 0 aliphatic carbocycles. The Morgan fingerprint density at radius 3 is 2.88 bits per heavy atom. The summed E-state index contributed by atoms with van der Waals surface area (Å²) in [5, 5.41) is 15.6. The van der Waals surface area contributed by atoms with E-state index in [0.717, 1.165) is 74.4 Å². The van der Waals surface area contributed by atoms with Gasteiger partial charge in [-0.3, -0.25) is 0 Å². The monoisotopic (exact) mass is 401 g/mol. The first kappa shape index (κ1) is 19.1. The van der Waals surface area contributed by atoms with Gasteiger partial charge in [-0.05, 0) is 38.8 Å². The van der Waals surface area contributed by atoms with Crippen LogP contribution in [-0.4, -0.2) is 45.5 Å². The number of nitrogens with zero attached hydrogens (tertiary/aromatic N) is 4. The third-order valence-corrected chi connectivity index (χ3v) is 6.33. The van der Waals surface area contributed by atoms with Crippen molar-refractivity contribution in [3.05, 3.63) is 22.4 Å². The van der Waals surface area contributed by atoms with Gasteiger partial charge < -0.3 is 14.6 Å². The van der Waals surface area contributed by atoms with Crippen molar-refractivity contribution >= 4 is 35.5 Å². The molecule has 6 nitrogen and oxygen atoms in total. The van der Waals surface area contributed by atoms with E-state index in [4.69, 9.17) is 4.74 Å². The van der Waals surface area contributed by atoms with Crippen LogP contribution in [0.15, 0.2) is 16.0 Å². The summed E-state index contributed by atoms with van der Waals surface area (Å²) in [6.45, 7) is 3.90. The lowest BCUT2D eigenvalue weighted by Gasteiger charge is -2.23. The average molecular weight is 402 g/mol. The lowest BCUT2D eigenvalue weighted by Crippen LogP contribution is -2.29. The van der Waals surface area contributed by atoms with Crippen LogP contribution < -0.4 is 5.32 Å². The number of nitrogens with one attached hydrogen (secondary N) is 1. The third-order valence-electron chi connectivity index (χ3n) is 4.69. The minimum atomic E-state index is 0. The number of ether oxygens (including phenoxy) is 1. The quantitative estimate of drug-likeness (QED) is 0.750. The van der Waals surface area contributed by atoms with Gasteiger partial charge in [0.15, 0.2) is 5.16 Å². The van der Waals surface area contributed by atoms with Crippen molar-refractivity contribution in [2.45, 2.75) is 55.2 Å². The second-order valence-corrected chi connectivity index (χ2v) is 8.04. The molecule has 2 fully saturated rings. The topological polar surface area (TPSA) is 64.9 Å². The van der Waals surface area contributed by atoms with Crippen molar-refractivity contribution < 1.29 is 4.74 Å². The van der Waals surface area contributed by atoms with E-state index in [2.05, 4.69) is 30.4 Å². The first-order valence-corrected chi connectivity index (χ1v) is 10.6. The van der Waals surface area contributed by atoms with Crippen LogP contribution in [0.4, 0.5) is 0 Å². The van der Waals surface area contributed by atoms with Crippen LogP contribution in [0, 0.1) is 0 Å². The number of rotatable bonds is 6. The zero-order valence-corrected chi connectivity index (χ0v) is 16.5. The maximum absolute atomic E-state index is 5.87. The molecule has 0 bridgehead atoms. The molecule has 1 N–H and O–H groups in total. The van der Waals surface area contributed by atoms with E-state index < -0.39 is 0 Å². The molecule has 2 aliphatic heterocycles. The van der Waals surface area contributed by atoms with Gasteiger partial charge in [-0.2, -0.15) is 0 Å². The molecular formula is C16H24ClN5OS2. The van der Waals surface area contributed by atoms with Crippen molar-refractivity contribution in [1.82, 2.24) is 25.1 Å². The molecule has 0 amide bonds. The SMILES string of the molecule is Cl.c1nc(CSc2nnc(C3CCNCC3)n2CC2CCCO2)cs1. The summed E-state index contributed by atoms with van der Waals surface area (Å²) in [5.74, 6) is 2.50. The fraction of sp³-hybridized carbons (Fsp3) is 0.688. The van der Waals surface area contributed by atoms with Crippen LogP contribution in [0.1, 0.15) is 43.1 Å². The molecule has 1 unspecified atom stereocenters. The molecule has 0 spiro atoms. The Bertz CT molecular complexity index is 639. The number of halogens is 1. The molecule has 2 aliphatic rings. The Kier molecular flexibility index (Phi) is 7.12. The molecular weight excluding hydrogens is 378 g/mol. The molecule has 0 saturated carbocycles. The Hall–Kier alpha value is -0.670. The van der Waals surface area contributed by atoms with Crippen molar-refractivity contribution in [2.75, 3.05) is 19.7 Å². The highest BCUT2D eigenvalue weighted by Gasteiger charge is 2.26. The van der Waals surface area contributed by atoms with Crippen LogP contribution >= 0.6 is 35.5 Å². The molecule has 2 saturated heterocycles. The summed E-state index contributed by atoms with van der Waals surface area (Å²) >= 11 is 3.37. The van der Waals surface area contributed by atoms with Gasteiger partial charge in [0.2, 0.25) is 0 Å². The van der Waals surface area contributed by atoms with Gasteiger partial charge in [-0.25, -0.2) is 4.98 Å². The predicted octanol–water partition coefficient (Wildman–Crippen LogP) is 3.09. The number of hydrogen-bond acceptors (Lipinski definition) is 7. The van der Waals surface area contributed by atoms with Gasteiger partial charge in [0.05, 0.1) is 23.9 Å². The molecule has 0 aromatic carbocycles. The summed E-state index contributed by atoms with van der Waals surface area (Å²) in [5.41, 5.74) is 2.99. The summed E-state index contributed by atoms with van der Waals surface area (Å²) < 4.78 is 8.19. The predicted molar refractivity (Wildman–Crippen MR) is 103 cm³/mol. The normalized spacial score (nSPS) is 21.4. The average Bonchev–Trinajstić information content (AvgIpc) is 3.37. The number of aromatic nitrogens is 4. The van der Waals surface area contributed by atoms with Crippen molar-refractivity contribution in [2.24, 2.45) is 0 Å². The number of piperidine rings is 1. The summed E-state index contributed by atoms with van der Waals surface area (Å²) in [6.07, 6.45) is 4.89. The molecule has 2 aromatic heterocycles. The number of hydrogen-bond donors (Lipinski definition) is 1. The lowest BCUT2D eigenvalue weighted by atomic mass is 9.97. The first-order chi connectivity index (χ1) is 11.9. The van der Waals surface area contributed by atoms with E-state index in [1.54, 1.807) is 23.1 Å². The fourth-order valence-electron chi connectivity index (χ4n) is 3.40. The molecule has 4 rings (SSSR count). The molecule has 25 heavy (non-hydrogen) atoms. The minimum absolute atomic E-state index is 0. The van der Waals surface area contributed by atoms with E-state index in [1.807, 2.05) is 5.51 Å². The van der Waals surface area contributed by atoms with Crippen LogP contribution in [0.5, 0.6) is 0 Å². The van der Waals surface area contributed by atoms with Gasteiger partial charge in [0.1, 0.15) is 5.82 Å². The van der Waals surface area contributed by atoms with Crippen LogP contribution in [0.3, 0.4) is 0 Å². The molecule has 4 heterocycles. The van der Waals surface area contributed by atoms with Gasteiger partial charge in [0.25, 0.3) is 0 Å². The van der Waals surface area contributed by atoms with Gasteiger partial charge in [-0.15, -0.1) is 33.9 Å². The lowest BCUT2D eigenvalue weighted by molar-refractivity contribution is 0.0936. The second-order valence-electron chi connectivity index (χ2n) is 6.38. The van der Waals surface area contributed by atoms with Gasteiger partial charge in [-0.1, -0.05) is 11.8 Å². The zero-order chi connectivity index (χ0) is 16.2. The van der Waals surface area contributed by atoms with E-state index >= 15 is 0 Å². The standard InChI is InChI=1S/C16H23N5OS2.ClH/c1-2-14(22-7-1)8-21-15(12-3-5-17-6-4-12)19-20-16(21)24-10-13-9-23-11-18-13;/h9,11-12,14,17H,1-8,10H2;1H.